The van der Waals surface area contributed by atoms with Gasteiger partial charge in [0.2, 0.25) is 0 Å². The minimum Gasteiger partial charge on any atom is -0.453 e. The molecule has 1 aliphatic carbocycles. The van der Waals surface area contributed by atoms with Crippen molar-refractivity contribution in [3.8, 4) is 22.5 Å². The molecule has 2 aliphatic rings. The van der Waals surface area contributed by atoms with Crippen molar-refractivity contribution < 1.29 is 30.4 Å². The predicted octanol–water partition coefficient (Wildman–Crippen LogP) is 2.76. The van der Waals surface area contributed by atoms with Crippen LogP contribution >= 0.6 is 0 Å². The molecule has 11 heteroatoms. The summed E-state index contributed by atoms with van der Waals surface area (Å²) in [4.78, 5) is -1.57. The first-order chi connectivity index (χ1) is 14.0. The molecule has 0 unspecified atom stereocenters. The number of nitrogens with two attached hydrogens (primary N) is 1. The Kier molecular flexibility index (Phi) is 4.43. The molecule has 0 aromatic heterocycles. The number of nitrogen functional groups attached to an aromatic ring is 1. The highest BCUT2D eigenvalue weighted by Gasteiger charge is 2.30. The van der Waals surface area contributed by atoms with E-state index in [2.05, 4.69) is 0 Å². The molecule has 5 N–H and O–H groups in total. The minimum atomic E-state index is -4.91. The van der Waals surface area contributed by atoms with Gasteiger partial charge in [-0.2, -0.15) is 16.8 Å². The van der Waals surface area contributed by atoms with Crippen molar-refractivity contribution in [2.75, 3.05) is 5.73 Å². The second-order valence-corrected chi connectivity index (χ2v) is 9.19. The Morgan fingerprint density at radius 2 is 1.47 bits per heavy atom. The fourth-order valence-corrected chi connectivity index (χ4v) is 4.91. The second kappa shape index (κ2) is 6.64. The molecular formula is C19H14N2O7S2. The number of fused-ring (bicyclic) bond motifs is 2. The maximum Gasteiger partial charge on any atom is 0.300 e. The molecule has 1 aliphatic heterocycles. The zero-order valence-electron chi connectivity index (χ0n) is 15.0. The van der Waals surface area contributed by atoms with Crippen LogP contribution in [0.5, 0.6) is 0 Å². The number of benzene rings is 3. The van der Waals surface area contributed by atoms with Crippen molar-refractivity contribution in [1.29, 1.82) is 5.41 Å². The summed E-state index contributed by atoms with van der Waals surface area (Å²) in [6.45, 7) is 0. The molecule has 0 spiro atoms. The van der Waals surface area contributed by atoms with Gasteiger partial charge in [-0.15, -0.1) is 0 Å². The Hall–Kier alpha value is -3.25. The molecule has 30 heavy (non-hydrogen) atoms. The maximum atomic E-state index is 12.0. The Bertz CT molecular complexity index is 1560. The highest BCUT2D eigenvalue weighted by Crippen LogP contribution is 2.44. The summed E-state index contributed by atoms with van der Waals surface area (Å²) in [6, 6.07) is 14.0. The highest BCUT2D eigenvalue weighted by molar-refractivity contribution is 7.86. The molecule has 2 aromatic rings. The van der Waals surface area contributed by atoms with E-state index < -0.39 is 46.7 Å². The lowest BCUT2D eigenvalue weighted by Crippen LogP contribution is -2.16. The fraction of sp³-hybridized carbons (Fsp3) is 0. The van der Waals surface area contributed by atoms with Crippen molar-refractivity contribution in [2.24, 2.45) is 0 Å². The molecule has 4 rings (SSSR count). The lowest BCUT2D eigenvalue weighted by Gasteiger charge is -2.18. The quantitative estimate of drug-likeness (QED) is 0.211. The number of hydrogen-bond acceptors (Lipinski definition) is 7. The average molecular weight is 446 g/mol. The fourth-order valence-electron chi connectivity index (χ4n) is 3.42. The third kappa shape index (κ3) is 3.13. The summed E-state index contributed by atoms with van der Waals surface area (Å²) in [6.07, 6.45) is 0. The third-order valence-corrected chi connectivity index (χ3v) is 6.43. The summed E-state index contributed by atoms with van der Waals surface area (Å²) >= 11 is 0. The first-order valence-corrected chi connectivity index (χ1v) is 11.2. The van der Waals surface area contributed by atoms with Gasteiger partial charge in [-0.3, -0.25) is 14.5 Å². The topological polar surface area (TPSA) is 172 Å². The van der Waals surface area contributed by atoms with Crippen LogP contribution in [0.15, 0.2) is 68.8 Å². The summed E-state index contributed by atoms with van der Waals surface area (Å²) < 4.78 is 73.0. The molecular weight excluding hydrogens is 432 g/mol. The molecule has 0 saturated carbocycles. The predicted molar refractivity (Wildman–Crippen MR) is 108 cm³/mol. The van der Waals surface area contributed by atoms with E-state index in [1.165, 1.54) is 24.3 Å². The van der Waals surface area contributed by atoms with Gasteiger partial charge in [0.15, 0.2) is 21.1 Å². The Labute approximate surface area is 170 Å². The van der Waals surface area contributed by atoms with Crippen molar-refractivity contribution >= 4 is 36.9 Å². The van der Waals surface area contributed by atoms with Crippen molar-refractivity contribution in [2.45, 2.75) is 9.79 Å². The van der Waals surface area contributed by atoms with Gasteiger partial charge >= 0.3 is 0 Å². The van der Waals surface area contributed by atoms with E-state index in [-0.39, 0.29) is 16.6 Å². The molecule has 0 saturated heterocycles. The lowest BCUT2D eigenvalue weighted by molar-refractivity contribution is 0.477. The van der Waals surface area contributed by atoms with E-state index in [9.17, 15) is 25.9 Å². The van der Waals surface area contributed by atoms with Gasteiger partial charge in [0.05, 0.1) is 11.0 Å². The Balaban J connectivity index is 2.38. The summed E-state index contributed by atoms with van der Waals surface area (Å²) in [5, 5.41) is 7.60. The van der Waals surface area contributed by atoms with Crippen LogP contribution in [0.2, 0.25) is 0 Å². The van der Waals surface area contributed by atoms with Crippen LogP contribution in [0.25, 0.3) is 33.4 Å². The van der Waals surface area contributed by atoms with Gasteiger partial charge in [0.25, 0.3) is 20.2 Å². The first kappa shape index (κ1) is 20.0. The average Bonchev–Trinajstić information content (AvgIpc) is 2.64. The van der Waals surface area contributed by atoms with Crippen LogP contribution < -0.4 is 11.1 Å². The molecule has 1 heterocycles. The van der Waals surface area contributed by atoms with Crippen LogP contribution in [0.3, 0.4) is 0 Å². The second-order valence-electron chi connectivity index (χ2n) is 6.47. The van der Waals surface area contributed by atoms with Crippen molar-refractivity contribution in [3.05, 3.63) is 60.0 Å². The molecule has 0 bridgehead atoms. The number of anilines is 1. The zero-order chi connectivity index (χ0) is 21.8. The monoisotopic (exact) mass is 446 g/mol. The van der Waals surface area contributed by atoms with Crippen molar-refractivity contribution in [1.82, 2.24) is 0 Å². The molecule has 0 radical (unpaired) electrons. The standard InChI is InChI=1S/C19H14N2O7S2/c20-13-8-6-11-15(10-4-2-1-3-5-10)12-7-9-14(21)19(30(25,26)27)17(12)28-16(11)18(13)29(22,23)24/h1-9,20H,21H2,(H,22,23,24)(H,25,26,27). The van der Waals surface area contributed by atoms with Crippen LogP contribution in [-0.2, 0) is 20.2 Å². The van der Waals surface area contributed by atoms with Crippen LogP contribution in [-0.4, -0.2) is 25.9 Å². The summed E-state index contributed by atoms with van der Waals surface area (Å²) in [7, 11) is -9.77. The van der Waals surface area contributed by atoms with Crippen LogP contribution in [0, 0.1) is 5.41 Å². The molecule has 9 nitrogen and oxygen atoms in total. The minimum absolute atomic E-state index is 0.211. The number of rotatable bonds is 3. The Morgan fingerprint density at radius 1 is 0.833 bits per heavy atom. The van der Waals surface area contributed by atoms with Crippen molar-refractivity contribution in [3.63, 3.8) is 0 Å². The smallest absolute Gasteiger partial charge is 0.300 e. The van der Waals surface area contributed by atoms with Gasteiger partial charge in [-0.1, -0.05) is 30.3 Å². The molecule has 0 atom stereocenters. The largest absolute Gasteiger partial charge is 0.453 e. The van der Waals surface area contributed by atoms with E-state index in [0.717, 1.165) is 0 Å². The number of nitrogens with one attached hydrogen (secondary N) is 1. The van der Waals surface area contributed by atoms with E-state index in [4.69, 9.17) is 15.6 Å². The highest BCUT2D eigenvalue weighted by atomic mass is 32.2. The van der Waals surface area contributed by atoms with Crippen LogP contribution in [0.1, 0.15) is 0 Å². The van der Waals surface area contributed by atoms with Gasteiger partial charge in [0, 0.05) is 16.5 Å². The lowest BCUT2D eigenvalue weighted by atomic mass is 9.93. The summed E-state index contributed by atoms with van der Waals surface area (Å²) in [5.74, 6) is -0.438. The van der Waals surface area contributed by atoms with E-state index in [0.29, 0.717) is 11.1 Å². The van der Waals surface area contributed by atoms with Gasteiger partial charge in [0.1, 0.15) is 0 Å². The SMILES string of the molecule is N=c1ccc2c(-c3ccccc3)c3ccc(N)c(S(=O)(=O)O)c3oc-2c1S(=O)(=O)O. The van der Waals surface area contributed by atoms with Gasteiger partial charge < -0.3 is 10.2 Å². The van der Waals surface area contributed by atoms with Gasteiger partial charge in [-0.05, 0) is 29.8 Å². The Morgan fingerprint density at radius 3 is 2.07 bits per heavy atom. The van der Waals surface area contributed by atoms with E-state index in [1.54, 1.807) is 30.3 Å². The van der Waals surface area contributed by atoms with E-state index in [1.807, 2.05) is 0 Å². The molecule has 154 valence electrons. The summed E-state index contributed by atoms with van der Waals surface area (Å²) in [5.41, 5.74) is 6.20. The molecule has 2 aromatic carbocycles. The van der Waals surface area contributed by atoms with Crippen LogP contribution in [0.4, 0.5) is 5.69 Å². The maximum absolute atomic E-state index is 12.0. The third-order valence-electron chi connectivity index (χ3n) is 4.58. The zero-order valence-corrected chi connectivity index (χ0v) is 16.7. The molecule has 0 amide bonds. The van der Waals surface area contributed by atoms with Gasteiger partial charge in [-0.25, -0.2) is 0 Å². The normalized spacial score (nSPS) is 12.5. The number of hydrogen-bond donors (Lipinski definition) is 4. The first-order valence-electron chi connectivity index (χ1n) is 8.37. The molecule has 0 fully saturated rings. The van der Waals surface area contributed by atoms with E-state index >= 15 is 0 Å².